The third-order valence-electron chi connectivity index (χ3n) is 1.57. The number of aromatic carboxylic acids is 1. The Hall–Kier alpha value is -0.980. The van der Waals surface area contributed by atoms with Gasteiger partial charge in [0.25, 0.3) is 0 Å². The highest BCUT2D eigenvalue weighted by molar-refractivity contribution is 7.13. The van der Waals surface area contributed by atoms with E-state index in [2.05, 4.69) is 4.98 Å². The van der Waals surface area contributed by atoms with Crippen LogP contribution in [0.5, 0.6) is 0 Å². The Balaban J connectivity index is 2.76. The van der Waals surface area contributed by atoms with Crippen LogP contribution in [0.2, 0.25) is 0 Å². The fourth-order valence-electron chi connectivity index (χ4n) is 0.989. The summed E-state index contributed by atoms with van der Waals surface area (Å²) in [5, 5.41) is 9.27. The van der Waals surface area contributed by atoms with E-state index in [4.69, 9.17) is 14.6 Å². The molecule has 1 heterocycles. The maximum atomic E-state index is 10.6. The fraction of sp³-hybridized carbons (Fsp3) is 0.556. The molecule has 0 aliphatic rings. The third kappa shape index (κ3) is 3.26. The second-order valence-corrected chi connectivity index (χ2v) is 3.67. The minimum Gasteiger partial charge on any atom is -0.477 e. The van der Waals surface area contributed by atoms with Crippen molar-refractivity contribution in [3.63, 3.8) is 0 Å². The van der Waals surface area contributed by atoms with Crippen molar-refractivity contribution < 1.29 is 19.4 Å². The number of carboxylic acid groups (broad SMARTS) is 1. The molecule has 1 aromatic heterocycles. The van der Waals surface area contributed by atoms with E-state index in [9.17, 15) is 4.79 Å². The van der Waals surface area contributed by atoms with E-state index in [0.717, 1.165) is 11.3 Å². The normalized spacial score (nSPS) is 10.9. The highest BCUT2D eigenvalue weighted by Gasteiger charge is 2.17. The topological polar surface area (TPSA) is 68.7 Å². The Bertz CT molecular complexity index is 320. The summed E-state index contributed by atoms with van der Waals surface area (Å²) in [5.74, 6) is -0.981. The van der Waals surface area contributed by atoms with Gasteiger partial charge in [-0.1, -0.05) is 0 Å². The van der Waals surface area contributed by atoms with Crippen molar-refractivity contribution in [2.24, 2.45) is 0 Å². The van der Waals surface area contributed by atoms with Gasteiger partial charge in [-0.05, 0) is 13.8 Å². The zero-order valence-corrected chi connectivity index (χ0v) is 9.41. The van der Waals surface area contributed by atoms with Crippen LogP contribution in [0, 0.1) is 0 Å². The number of aromatic nitrogens is 1. The van der Waals surface area contributed by atoms with Gasteiger partial charge in [-0.3, -0.25) is 0 Å². The predicted octanol–water partition coefficient (Wildman–Crippen LogP) is 1.91. The molecular weight excluding hydrogens is 218 g/mol. The molecule has 6 heteroatoms. The fourth-order valence-corrected chi connectivity index (χ4v) is 1.74. The van der Waals surface area contributed by atoms with Crippen molar-refractivity contribution in [1.82, 2.24) is 4.98 Å². The molecule has 0 amide bonds. The van der Waals surface area contributed by atoms with E-state index in [1.165, 1.54) is 6.20 Å². The van der Waals surface area contributed by atoms with Gasteiger partial charge in [0.2, 0.25) is 6.29 Å². The molecule has 0 fully saturated rings. The number of carboxylic acids is 1. The Morgan fingerprint density at radius 2 is 2.13 bits per heavy atom. The van der Waals surface area contributed by atoms with Crippen molar-refractivity contribution in [2.75, 3.05) is 13.2 Å². The highest BCUT2D eigenvalue weighted by Crippen LogP contribution is 2.24. The van der Waals surface area contributed by atoms with Crippen molar-refractivity contribution in [3.05, 3.63) is 16.1 Å². The lowest BCUT2D eigenvalue weighted by Gasteiger charge is -2.13. The molecule has 15 heavy (non-hydrogen) atoms. The average molecular weight is 231 g/mol. The summed E-state index contributed by atoms with van der Waals surface area (Å²) in [7, 11) is 0. The van der Waals surface area contributed by atoms with Crippen molar-refractivity contribution in [1.29, 1.82) is 0 Å². The average Bonchev–Trinajstić information content (AvgIpc) is 2.66. The molecule has 0 radical (unpaired) electrons. The molecule has 0 bridgehead atoms. The summed E-state index contributed by atoms with van der Waals surface area (Å²) < 4.78 is 10.6. The quantitative estimate of drug-likeness (QED) is 0.757. The first-order chi connectivity index (χ1) is 7.19. The lowest BCUT2D eigenvalue weighted by atomic mass is 10.6. The van der Waals surface area contributed by atoms with Gasteiger partial charge in [0, 0.05) is 13.2 Å². The minimum absolute atomic E-state index is 0.189. The molecule has 0 aliphatic heterocycles. The van der Waals surface area contributed by atoms with Gasteiger partial charge < -0.3 is 14.6 Å². The summed E-state index contributed by atoms with van der Waals surface area (Å²) in [4.78, 5) is 14.8. The largest absolute Gasteiger partial charge is 0.477 e. The predicted molar refractivity (Wildman–Crippen MR) is 55.1 cm³/mol. The summed E-state index contributed by atoms with van der Waals surface area (Å²) in [6.45, 7) is 4.68. The second kappa shape index (κ2) is 5.79. The number of rotatable bonds is 6. The van der Waals surface area contributed by atoms with Gasteiger partial charge >= 0.3 is 5.97 Å². The Kier molecular flexibility index (Phi) is 4.67. The molecule has 0 saturated carbocycles. The van der Waals surface area contributed by atoms with Gasteiger partial charge in [0.1, 0.15) is 9.88 Å². The molecule has 0 atom stereocenters. The van der Waals surface area contributed by atoms with Crippen LogP contribution < -0.4 is 0 Å². The van der Waals surface area contributed by atoms with Crippen LogP contribution in [0.4, 0.5) is 0 Å². The first-order valence-corrected chi connectivity index (χ1v) is 5.42. The lowest BCUT2D eigenvalue weighted by molar-refractivity contribution is -0.140. The molecule has 0 spiro atoms. The van der Waals surface area contributed by atoms with Crippen LogP contribution in [0.3, 0.4) is 0 Å². The molecule has 1 rings (SSSR count). The molecule has 0 aliphatic carbocycles. The smallest absolute Gasteiger partial charge is 0.347 e. The molecule has 1 N–H and O–H groups in total. The SMILES string of the molecule is CCOC(OCC)c1ncc(C(=O)O)s1. The van der Waals surface area contributed by atoms with Gasteiger partial charge in [-0.25, -0.2) is 9.78 Å². The van der Waals surface area contributed by atoms with E-state index >= 15 is 0 Å². The molecule has 5 nitrogen and oxygen atoms in total. The minimum atomic E-state index is -0.981. The maximum Gasteiger partial charge on any atom is 0.347 e. The third-order valence-corrected chi connectivity index (χ3v) is 2.58. The molecule has 84 valence electrons. The van der Waals surface area contributed by atoms with Crippen LogP contribution in [-0.2, 0) is 9.47 Å². The first kappa shape index (κ1) is 12.1. The van der Waals surface area contributed by atoms with Gasteiger partial charge in [-0.15, -0.1) is 11.3 Å². The van der Waals surface area contributed by atoms with Gasteiger partial charge in [-0.2, -0.15) is 0 Å². The number of hydrogen-bond donors (Lipinski definition) is 1. The Morgan fingerprint density at radius 1 is 1.53 bits per heavy atom. The van der Waals surface area contributed by atoms with Crippen molar-refractivity contribution in [2.45, 2.75) is 20.1 Å². The molecule has 0 saturated heterocycles. The second-order valence-electron chi connectivity index (χ2n) is 2.61. The zero-order chi connectivity index (χ0) is 11.3. The molecule has 0 unspecified atom stereocenters. The summed E-state index contributed by atoms with van der Waals surface area (Å²) in [5.41, 5.74) is 0. The summed E-state index contributed by atoms with van der Waals surface area (Å²) in [6.07, 6.45) is 0.756. The number of carbonyl (C=O) groups is 1. The standard InChI is InChI=1S/C9H13NO4S/c1-3-13-9(14-4-2)7-10-5-6(15-7)8(11)12/h5,9H,3-4H2,1-2H3,(H,11,12). The van der Waals surface area contributed by atoms with Crippen LogP contribution in [0.1, 0.15) is 34.8 Å². The van der Waals surface area contributed by atoms with E-state index in [1.807, 2.05) is 13.8 Å². The summed E-state index contributed by atoms with van der Waals surface area (Å²) >= 11 is 1.07. The summed E-state index contributed by atoms with van der Waals surface area (Å²) in [6, 6.07) is 0. The molecule has 0 aromatic carbocycles. The van der Waals surface area contributed by atoms with Crippen LogP contribution in [0.25, 0.3) is 0 Å². The first-order valence-electron chi connectivity index (χ1n) is 4.61. The van der Waals surface area contributed by atoms with Crippen LogP contribution in [-0.4, -0.2) is 29.3 Å². The molecular formula is C9H13NO4S. The van der Waals surface area contributed by atoms with Gasteiger partial charge in [0.15, 0.2) is 0 Å². The number of hydrogen-bond acceptors (Lipinski definition) is 5. The monoisotopic (exact) mass is 231 g/mol. The highest BCUT2D eigenvalue weighted by atomic mass is 32.1. The number of thiazole rings is 1. The number of ether oxygens (including phenoxy) is 2. The van der Waals surface area contributed by atoms with Crippen LogP contribution >= 0.6 is 11.3 Å². The Morgan fingerprint density at radius 3 is 2.53 bits per heavy atom. The molecule has 1 aromatic rings. The van der Waals surface area contributed by atoms with E-state index in [1.54, 1.807) is 0 Å². The van der Waals surface area contributed by atoms with E-state index in [-0.39, 0.29) is 4.88 Å². The van der Waals surface area contributed by atoms with Crippen molar-refractivity contribution in [3.8, 4) is 0 Å². The van der Waals surface area contributed by atoms with Crippen molar-refractivity contribution >= 4 is 17.3 Å². The Labute approximate surface area is 91.7 Å². The maximum absolute atomic E-state index is 10.6. The van der Waals surface area contributed by atoms with Crippen LogP contribution in [0.15, 0.2) is 6.20 Å². The lowest BCUT2D eigenvalue weighted by Crippen LogP contribution is -2.08. The zero-order valence-electron chi connectivity index (χ0n) is 8.60. The number of nitrogens with zero attached hydrogens (tertiary/aromatic N) is 1. The van der Waals surface area contributed by atoms with E-state index < -0.39 is 12.3 Å². The van der Waals surface area contributed by atoms with Gasteiger partial charge in [0.05, 0.1) is 6.20 Å². The van der Waals surface area contributed by atoms with E-state index in [0.29, 0.717) is 18.2 Å².